The monoisotopic (exact) mass is 297 g/mol. The third-order valence-corrected chi connectivity index (χ3v) is 3.61. The Balaban J connectivity index is 2.53. The summed E-state index contributed by atoms with van der Waals surface area (Å²) in [6, 6.07) is 3.77. The van der Waals surface area contributed by atoms with Gasteiger partial charge in [0.1, 0.15) is 0 Å². The molecule has 2 aromatic rings. The Morgan fingerprint density at radius 2 is 2.19 bits per heavy atom. The molecular weight excluding hydrogens is 290 g/mol. The SMILES string of the molecule is Cc1cc(-c2cc(Br)cs2)nc(C(N)=O)n1. The molecule has 0 saturated heterocycles. The summed E-state index contributed by atoms with van der Waals surface area (Å²) in [5.41, 5.74) is 6.61. The van der Waals surface area contributed by atoms with Crippen molar-refractivity contribution < 1.29 is 4.79 Å². The molecule has 0 aliphatic heterocycles. The average Bonchev–Trinajstić information content (AvgIpc) is 2.64. The van der Waals surface area contributed by atoms with Gasteiger partial charge in [0.15, 0.2) is 0 Å². The number of nitrogens with zero attached hydrogens (tertiary/aromatic N) is 2. The first-order valence-corrected chi connectivity index (χ1v) is 6.13. The Morgan fingerprint density at radius 3 is 2.75 bits per heavy atom. The summed E-state index contributed by atoms with van der Waals surface area (Å²) in [5, 5.41) is 1.96. The molecule has 0 aliphatic carbocycles. The molecule has 0 spiro atoms. The largest absolute Gasteiger partial charge is 0.363 e. The quantitative estimate of drug-likeness (QED) is 0.925. The molecule has 2 rings (SSSR count). The Bertz CT molecular complexity index is 553. The van der Waals surface area contributed by atoms with Crippen LogP contribution < -0.4 is 5.73 Å². The van der Waals surface area contributed by atoms with Gasteiger partial charge in [-0.3, -0.25) is 4.79 Å². The van der Waals surface area contributed by atoms with Gasteiger partial charge >= 0.3 is 0 Å². The van der Waals surface area contributed by atoms with E-state index in [1.807, 2.05) is 17.5 Å². The van der Waals surface area contributed by atoms with E-state index in [0.717, 1.165) is 20.7 Å². The van der Waals surface area contributed by atoms with Gasteiger partial charge in [-0.25, -0.2) is 9.97 Å². The van der Waals surface area contributed by atoms with Crippen LogP contribution in [-0.4, -0.2) is 15.9 Å². The van der Waals surface area contributed by atoms with Crippen LogP contribution in [0.5, 0.6) is 0 Å². The molecule has 1 amide bonds. The summed E-state index contributed by atoms with van der Waals surface area (Å²) in [4.78, 5) is 20.1. The number of thiophene rings is 1. The normalized spacial score (nSPS) is 10.4. The lowest BCUT2D eigenvalue weighted by atomic mass is 10.3. The fraction of sp³-hybridized carbons (Fsp3) is 0.100. The van der Waals surface area contributed by atoms with Crippen LogP contribution in [0.25, 0.3) is 10.6 Å². The maximum atomic E-state index is 11.0. The van der Waals surface area contributed by atoms with Crippen LogP contribution in [0.3, 0.4) is 0 Å². The third-order valence-electron chi connectivity index (χ3n) is 1.89. The van der Waals surface area contributed by atoms with Gasteiger partial charge in [-0.1, -0.05) is 0 Å². The fourth-order valence-electron chi connectivity index (χ4n) is 1.25. The topological polar surface area (TPSA) is 68.9 Å². The molecule has 16 heavy (non-hydrogen) atoms. The van der Waals surface area contributed by atoms with Crippen LogP contribution in [0.1, 0.15) is 16.3 Å². The van der Waals surface area contributed by atoms with E-state index in [1.54, 1.807) is 18.3 Å². The van der Waals surface area contributed by atoms with Gasteiger partial charge in [-0.2, -0.15) is 0 Å². The summed E-state index contributed by atoms with van der Waals surface area (Å²) in [5.74, 6) is -0.555. The van der Waals surface area contributed by atoms with Crippen molar-refractivity contribution in [1.29, 1.82) is 0 Å². The predicted molar refractivity (Wildman–Crippen MR) is 66.3 cm³/mol. The average molecular weight is 298 g/mol. The summed E-state index contributed by atoms with van der Waals surface area (Å²) >= 11 is 4.91. The zero-order valence-electron chi connectivity index (χ0n) is 8.40. The van der Waals surface area contributed by atoms with Crippen molar-refractivity contribution in [3.8, 4) is 10.6 Å². The van der Waals surface area contributed by atoms with Crippen molar-refractivity contribution in [1.82, 2.24) is 9.97 Å². The lowest BCUT2D eigenvalue weighted by molar-refractivity contribution is 0.0990. The number of nitrogens with two attached hydrogens (primary N) is 1. The Labute approximate surface area is 105 Å². The Hall–Kier alpha value is -1.27. The lowest BCUT2D eigenvalue weighted by Gasteiger charge is -2.01. The predicted octanol–water partition coefficient (Wildman–Crippen LogP) is 2.37. The van der Waals surface area contributed by atoms with Crippen LogP contribution in [0.2, 0.25) is 0 Å². The first kappa shape index (κ1) is 11.2. The number of aryl methyl sites for hydroxylation is 1. The summed E-state index contributed by atoms with van der Waals surface area (Å²) in [7, 11) is 0. The molecule has 82 valence electrons. The van der Waals surface area contributed by atoms with Crippen LogP contribution >= 0.6 is 27.3 Å². The van der Waals surface area contributed by atoms with Crippen LogP contribution in [0.4, 0.5) is 0 Å². The highest BCUT2D eigenvalue weighted by Gasteiger charge is 2.10. The van der Waals surface area contributed by atoms with E-state index >= 15 is 0 Å². The number of carbonyl (C=O) groups excluding carboxylic acids is 1. The number of rotatable bonds is 2. The molecule has 0 aromatic carbocycles. The zero-order valence-corrected chi connectivity index (χ0v) is 10.8. The maximum Gasteiger partial charge on any atom is 0.286 e. The second kappa shape index (κ2) is 4.31. The number of hydrogen-bond donors (Lipinski definition) is 1. The molecule has 0 fully saturated rings. The van der Waals surface area contributed by atoms with Gasteiger partial charge in [0.2, 0.25) is 5.82 Å². The number of halogens is 1. The molecule has 0 saturated carbocycles. The molecule has 2 heterocycles. The zero-order chi connectivity index (χ0) is 11.7. The third kappa shape index (κ3) is 2.28. The molecule has 6 heteroatoms. The molecule has 2 aromatic heterocycles. The van der Waals surface area contributed by atoms with E-state index in [2.05, 4.69) is 25.9 Å². The maximum absolute atomic E-state index is 11.0. The van der Waals surface area contributed by atoms with Gasteiger partial charge in [-0.05, 0) is 35.0 Å². The van der Waals surface area contributed by atoms with Crippen molar-refractivity contribution in [2.45, 2.75) is 6.92 Å². The van der Waals surface area contributed by atoms with E-state index in [4.69, 9.17) is 5.73 Å². The highest BCUT2D eigenvalue weighted by atomic mass is 79.9. The minimum absolute atomic E-state index is 0.0551. The van der Waals surface area contributed by atoms with E-state index < -0.39 is 5.91 Å². The van der Waals surface area contributed by atoms with Crippen LogP contribution in [0, 0.1) is 6.92 Å². The highest BCUT2D eigenvalue weighted by Crippen LogP contribution is 2.28. The second-order valence-electron chi connectivity index (χ2n) is 3.21. The van der Waals surface area contributed by atoms with Gasteiger partial charge in [0.25, 0.3) is 5.91 Å². The number of carbonyl (C=O) groups is 1. The minimum Gasteiger partial charge on any atom is -0.363 e. The molecular formula is C10H8BrN3OS. The van der Waals surface area contributed by atoms with E-state index in [-0.39, 0.29) is 5.82 Å². The first-order chi connectivity index (χ1) is 7.56. The standard InChI is InChI=1S/C10H8BrN3OS/c1-5-2-7(8-3-6(11)4-16-8)14-10(13-5)9(12)15/h2-4H,1H3,(H2,12,15). The number of aromatic nitrogens is 2. The first-order valence-electron chi connectivity index (χ1n) is 4.46. The number of amides is 1. The fourth-order valence-corrected chi connectivity index (χ4v) is 2.64. The second-order valence-corrected chi connectivity index (χ2v) is 5.04. The number of primary amides is 1. The van der Waals surface area contributed by atoms with Gasteiger partial charge in [0.05, 0.1) is 10.6 Å². The summed E-state index contributed by atoms with van der Waals surface area (Å²) < 4.78 is 0.990. The molecule has 4 nitrogen and oxygen atoms in total. The molecule has 0 bridgehead atoms. The van der Waals surface area contributed by atoms with Crippen molar-refractivity contribution in [2.24, 2.45) is 5.73 Å². The van der Waals surface area contributed by atoms with Crippen LogP contribution in [0.15, 0.2) is 22.0 Å². The van der Waals surface area contributed by atoms with E-state index in [9.17, 15) is 4.79 Å². The van der Waals surface area contributed by atoms with E-state index in [0.29, 0.717) is 0 Å². The van der Waals surface area contributed by atoms with Crippen molar-refractivity contribution in [3.63, 3.8) is 0 Å². The van der Waals surface area contributed by atoms with Crippen molar-refractivity contribution in [3.05, 3.63) is 33.5 Å². The van der Waals surface area contributed by atoms with E-state index in [1.165, 1.54) is 0 Å². The summed E-state index contributed by atoms with van der Waals surface area (Å²) in [6.07, 6.45) is 0. The molecule has 0 aliphatic rings. The highest BCUT2D eigenvalue weighted by molar-refractivity contribution is 9.10. The Kier molecular flexibility index (Phi) is 3.02. The summed E-state index contributed by atoms with van der Waals surface area (Å²) in [6.45, 7) is 1.81. The van der Waals surface area contributed by atoms with Gasteiger partial charge < -0.3 is 5.73 Å². The van der Waals surface area contributed by atoms with Crippen molar-refractivity contribution >= 4 is 33.2 Å². The van der Waals surface area contributed by atoms with Crippen LogP contribution in [-0.2, 0) is 0 Å². The minimum atomic E-state index is -0.611. The molecule has 0 unspecified atom stereocenters. The molecule has 0 radical (unpaired) electrons. The van der Waals surface area contributed by atoms with Crippen molar-refractivity contribution in [2.75, 3.05) is 0 Å². The smallest absolute Gasteiger partial charge is 0.286 e. The molecule has 2 N–H and O–H groups in total. The number of hydrogen-bond acceptors (Lipinski definition) is 4. The van der Waals surface area contributed by atoms with Gasteiger partial charge in [0, 0.05) is 15.5 Å². The lowest BCUT2D eigenvalue weighted by Crippen LogP contribution is -2.16. The Morgan fingerprint density at radius 1 is 1.44 bits per heavy atom. The van der Waals surface area contributed by atoms with Gasteiger partial charge in [-0.15, -0.1) is 11.3 Å². The molecule has 0 atom stereocenters.